The minimum Gasteiger partial charge on any atom is -0.497 e. The minimum atomic E-state index is 0.534. The molecule has 0 heterocycles. The first-order valence-corrected chi connectivity index (χ1v) is 5.81. The van der Waals surface area contributed by atoms with E-state index in [1.807, 2.05) is 12.1 Å². The molecule has 2 heteroatoms. The van der Waals surface area contributed by atoms with Crippen LogP contribution in [0.3, 0.4) is 0 Å². The Morgan fingerprint density at radius 1 is 0.778 bits per heavy atom. The van der Waals surface area contributed by atoms with E-state index in [0.29, 0.717) is 13.2 Å². The largest absolute Gasteiger partial charge is 0.497 e. The number of hydrogen-bond donors (Lipinski definition) is 0. The molecule has 0 atom stereocenters. The second-order valence-corrected chi connectivity index (χ2v) is 3.88. The van der Waals surface area contributed by atoms with Crippen molar-refractivity contribution in [1.29, 1.82) is 0 Å². The second kappa shape index (κ2) is 5.92. The highest BCUT2D eigenvalue weighted by atomic mass is 16.5. The zero-order chi connectivity index (χ0) is 12.8. The summed E-state index contributed by atoms with van der Waals surface area (Å²) in [6.45, 7) is 8.19. The van der Waals surface area contributed by atoms with Gasteiger partial charge in [-0.15, -0.1) is 0 Å². The summed E-state index contributed by atoms with van der Waals surface area (Å²) in [5, 5.41) is 2.37. The van der Waals surface area contributed by atoms with Gasteiger partial charge >= 0.3 is 0 Å². The molecule has 2 rings (SSSR count). The fraction of sp³-hybridized carbons (Fsp3) is 0.125. The highest BCUT2D eigenvalue weighted by molar-refractivity contribution is 5.88. The van der Waals surface area contributed by atoms with Crippen molar-refractivity contribution in [3.8, 4) is 0 Å². The van der Waals surface area contributed by atoms with Crippen LogP contribution in [0.25, 0.3) is 10.8 Å². The van der Waals surface area contributed by atoms with Crippen molar-refractivity contribution >= 4 is 10.8 Å². The summed E-state index contributed by atoms with van der Waals surface area (Å²) in [5.41, 5.74) is 2.29. The van der Waals surface area contributed by atoms with E-state index in [0.717, 1.165) is 11.1 Å². The van der Waals surface area contributed by atoms with Crippen LogP contribution < -0.4 is 0 Å². The molecule has 0 saturated carbocycles. The molecule has 2 aromatic carbocycles. The summed E-state index contributed by atoms with van der Waals surface area (Å²) in [7, 11) is 0. The van der Waals surface area contributed by atoms with Crippen LogP contribution >= 0.6 is 0 Å². The normalized spacial score (nSPS) is 10.0. The third-order valence-corrected chi connectivity index (χ3v) is 2.82. The minimum absolute atomic E-state index is 0.534. The van der Waals surface area contributed by atoms with Gasteiger partial charge in [0, 0.05) is 0 Å². The Kier molecular flexibility index (Phi) is 4.02. The Morgan fingerprint density at radius 3 is 1.61 bits per heavy atom. The van der Waals surface area contributed by atoms with Gasteiger partial charge in [-0.05, 0) is 21.9 Å². The van der Waals surface area contributed by atoms with Gasteiger partial charge in [0.2, 0.25) is 0 Å². The van der Waals surface area contributed by atoms with E-state index in [9.17, 15) is 0 Å². The summed E-state index contributed by atoms with van der Waals surface area (Å²) < 4.78 is 10.5. The molecule has 0 aliphatic carbocycles. The van der Waals surface area contributed by atoms with Crippen LogP contribution in [0.15, 0.2) is 62.1 Å². The van der Waals surface area contributed by atoms with E-state index >= 15 is 0 Å². The van der Waals surface area contributed by atoms with Crippen LogP contribution in [0, 0.1) is 0 Å². The molecule has 0 bridgehead atoms. The molecular formula is C16H16O2. The van der Waals surface area contributed by atoms with Gasteiger partial charge in [0.15, 0.2) is 0 Å². The van der Waals surface area contributed by atoms with Crippen LogP contribution in [0.5, 0.6) is 0 Å². The van der Waals surface area contributed by atoms with Crippen molar-refractivity contribution in [2.45, 2.75) is 13.2 Å². The molecule has 0 aliphatic rings. The van der Waals surface area contributed by atoms with Crippen molar-refractivity contribution < 1.29 is 9.47 Å². The molecule has 0 saturated heterocycles. The summed E-state index contributed by atoms with van der Waals surface area (Å²) in [6.07, 6.45) is 2.92. The molecule has 0 radical (unpaired) electrons. The van der Waals surface area contributed by atoms with E-state index in [4.69, 9.17) is 9.47 Å². The topological polar surface area (TPSA) is 18.5 Å². The number of hydrogen-bond acceptors (Lipinski definition) is 2. The van der Waals surface area contributed by atoms with E-state index < -0.39 is 0 Å². The molecule has 0 fully saturated rings. The van der Waals surface area contributed by atoms with Gasteiger partial charge in [0.05, 0.1) is 12.5 Å². The number of fused-ring (bicyclic) bond motifs is 1. The fourth-order valence-electron chi connectivity index (χ4n) is 1.97. The molecule has 2 nitrogen and oxygen atoms in total. The number of benzene rings is 2. The van der Waals surface area contributed by atoms with Gasteiger partial charge in [0.25, 0.3) is 0 Å². The van der Waals surface area contributed by atoms with Gasteiger partial charge in [0.1, 0.15) is 13.2 Å². The quantitative estimate of drug-likeness (QED) is 0.706. The third-order valence-electron chi connectivity index (χ3n) is 2.82. The molecule has 92 valence electrons. The lowest BCUT2D eigenvalue weighted by Crippen LogP contribution is -1.94. The van der Waals surface area contributed by atoms with Crippen LogP contribution in [0.1, 0.15) is 11.1 Å². The van der Waals surface area contributed by atoms with Crippen molar-refractivity contribution in [3.63, 3.8) is 0 Å². The summed E-state index contributed by atoms with van der Waals surface area (Å²) >= 11 is 0. The highest BCUT2D eigenvalue weighted by Crippen LogP contribution is 2.24. The first-order valence-electron chi connectivity index (χ1n) is 5.81. The average molecular weight is 240 g/mol. The SMILES string of the molecule is C=COCc1ccc(COC=C)c2ccccc12. The van der Waals surface area contributed by atoms with Crippen LogP contribution in [-0.4, -0.2) is 0 Å². The smallest absolute Gasteiger partial charge is 0.113 e. The van der Waals surface area contributed by atoms with Gasteiger partial charge in [-0.3, -0.25) is 0 Å². The number of rotatable bonds is 6. The molecule has 2 aromatic rings. The van der Waals surface area contributed by atoms with Crippen LogP contribution in [0.4, 0.5) is 0 Å². The average Bonchev–Trinajstić information content (AvgIpc) is 2.43. The van der Waals surface area contributed by atoms with Crippen molar-refractivity contribution in [2.75, 3.05) is 0 Å². The first-order chi connectivity index (χ1) is 8.86. The van der Waals surface area contributed by atoms with Gasteiger partial charge in [-0.1, -0.05) is 49.6 Å². The Hall–Kier alpha value is -2.22. The number of ether oxygens (including phenoxy) is 2. The molecular weight excluding hydrogens is 224 g/mol. The Bertz CT molecular complexity index is 508. The lowest BCUT2D eigenvalue weighted by Gasteiger charge is -2.10. The van der Waals surface area contributed by atoms with E-state index in [2.05, 4.69) is 37.4 Å². The van der Waals surface area contributed by atoms with Gasteiger partial charge < -0.3 is 9.47 Å². The monoisotopic (exact) mass is 240 g/mol. The molecule has 0 unspecified atom stereocenters. The predicted molar refractivity (Wildman–Crippen MR) is 73.9 cm³/mol. The molecule has 18 heavy (non-hydrogen) atoms. The highest BCUT2D eigenvalue weighted by Gasteiger charge is 2.05. The standard InChI is InChI=1S/C16H16O2/c1-3-17-11-13-9-10-14(12-18-4-2)16-8-6-5-7-15(13)16/h3-10H,1-2,11-12H2. The Morgan fingerprint density at radius 2 is 1.22 bits per heavy atom. The van der Waals surface area contributed by atoms with E-state index in [1.165, 1.54) is 23.3 Å². The lowest BCUT2D eigenvalue weighted by atomic mass is 10.0. The Labute approximate surface area is 107 Å². The van der Waals surface area contributed by atoms with Crippen molar-refractivity contribution in [3.05, 3.63) is 73.2 Å². The maximum absolute atomic E-state index is 5.27. The van der Waals surface area contributed by atoms with E-state index in [-0.39, 0.29) is 0 Å². The first kappa shape index (κ1) is 12.2. The summed E-state index contributed by atoms with van der Waals surface area (Å²) in [4.78, 5) is 0. The van der Waals surface area contributed by atoms with Crippen LogP contribution in [0.2, 0.25) is 0 Å². The summed E-state index contributed by atoms with van der Waals surface area (Å²) in [5.74, 6) is 0. The van der Waals surface area contributed by atoms with Gasteiger partial charge in [-0.2, -0.15) is 0 Å². The lowest BCUT2D eigenvalue weighted by molar-refractivity contribution is 0.236. The third kappa shape index (κ3) is 2.54. The predicted octanol–water partition coefficient (Wildman–Crippen LogP) is 4.16. The summed E-state index contributed by atoms with van der Waals surface area (Å²) in [6, 6.07) is 12.4. The maximum atomic E-state index is 5.27. The maximum Gasteiger partial charge on any atom is 0.113 e. The molecule has 0 spiro atoms. The molecule has 0 aliphatic heterocycles. The zero-order valence-corrected chi connectivity index (χ0v) is 10.3. The van der Waals surface area contributed by atoms with Crippen LogP contribution in [-0.2, 0) is 22.7 Å². The molecule has 0 N–H and O–H groups in total. The van der Waals surface area contributed by atoms with E-state index in [1.54, 1.807) is 0 Å². The zero-order valence-electron chi connectivity index (χ0n) is 10.3. The Balaban J connectivity index is 2.44. The molecule has 0 aromatic heterocycles. The van der Waals surface area contributed by atoms with Crippen molar-refractivity contribution in [1.82, 2.24) is 0 Å². The fourth-order valence-corrected chi connectivity index (χ4v) is 1.97. The molecule has 0 amide bonds. The van der Waals surface area contributed by atoms with Gasteiger partial charge in [-0.25, -0.2) is 0 Å². The van der Waals surface area contributed by atoms with Crippen molar-refractivity contribution in [2.24, 2.45) is 0 Å². The second-order valence-electron chi connectivity index (χ2n) is 3.88.